The number of hydrogen-bond donors (Lipinski definition) is 0. The Morgan fingerprint density at radius 2 is 2.06 bits per heavy atom. The van der Waals surface area contributed by atoms with Gasteiger partial charge in [-0.25, -0.2) is 9.97 Å². The third-order valence-electron chi connectivity index (χ3n) is 2.88. The Balaban J connectivity index is 2.17. The first-order valence-corrected chi connectivity index (χ1v) is 7.07. The summed E-state index contributed by atoms with van der Waals surface area (Å²) >= 11 is 13.9. The van der Waals surface area contributed by atoms with E-state index in [1.54, 1.807) is 11.3 Å². The fourth-order valence-electron chi connectivity index (χ4n) is 1.71. The van der Waals surface area contributed by atoms with E-state index < -0.39 is 0 Å². The standard InChI is InChI=1S/C12H10Cl2N2S/c1-6-9(10-8(13)4-5-17-10)15-12(7-2-3-7)16-11(6)14/h4-5,7H,2-3H2,1H3. The molecule has 17 heavy (non-hydrogen) atoms. The summed E-state index contributed by atoms with van der Waals surface area (Å²) in [6.45, 7) is 1.93. The summed E-state index contributed by atoms with van der Waals surface area (Å²) < 4.78 is 0. The van der Waals surface area contributed by atoms with Crippen molar-refractivity contribution in [1.82, 2.24) is 9.97 Å². The highest BCUT2D eigenvalue weighted by Gasteiger charge is 2.28. The van der Waals surface area contributed by atoms with Crippen LogP contribution in [-0.4, -0.2) is 9.97 Å². The lowest BCUT2D eigenvalue weighted by Crippen LogP contribution is -1.98. The zero-order chi connectivity index (χ0) is 12.0. The van der Waals surface area contributed by atoms with Crippen molar-refractivity contribution < 1.29 is 0 Å². The molecule has 0 aliphatic heterocycles. The van der Waals surface area contributed by atoms with E-state index in [0.717, 1.165) is 39.8 Å². The Labute approximate surface area is 114 Å². The van der Waals surface area contributed by atoms with Gasteiger partial charge in [0.25, 0.3) is 0 Å². The molecule has 0 saturated heterocycles. The fourth-order valence-corrected chi connectivity index (χ4v) is 3.08. The first kappa shape index (κ1) is 11.5. The molecule has 2 heterocycles. The van der Waals surface area contributed by atoms with Gasteiger partial charge in [0.05, 0.1) is 15.6 Å². The van der Waals surface area contributed by atoms with Crippen molar-refractivity contribution in [3.05, 3.63) is 33.0 Å². The monoisotopic (exact) mass is 284 g/mol. The average Bonchev–Trinajstić information content (AvgIpc) is 3.06. The molecule has 0 radical (unpaired) electrons. The molecule has 0 bridgehead atoms. The summed E-state index contributed by atoms with van der Waals surface area (Å²) in [6, 6.07) is 1.88. The van der Waals surface area contributed by atoms with Crippen LogP contribution in [0.25, 0.3) is 10.6 Å². The van der Waals surface area contributed by atoms with E-state index in [1.165, 1.54) is 0 Å². The van der Waals surface area contributed by atoms with Crippen molar-refractivity contribution in [2.75, 3.05) is 0 Å². The lowest BCUT2D eigenvalue weighted by atomic mass is 10.2. The zero-order valence-corrected chi connectivity index (χ0v) is 11.5. The minimum Gasteiger partial charge on any atom is -0.231 e. The number of halogens is 2. The summed E-state index contributed by atoms with van der Waals surface area (Å²) in [5.74, 6) is 1.35. The Kier molecular flexibility index (Phi) is 2.85. The molecule has 0 aromatic carbocycles. The van der Waals surface area contributed by atoms with Gasteiger partial charge in [0.15, 0.2) is 0 Å². The van der Waals surface area contributed by atoms with Crippen LogP contribution >= 0.6 is 34.5 Å². The zero-order valence-electron chi connectivity index (χ0n) is 9.20. The van der Waals surface area contributed by atoms with Crippen molar-refractivity contribution in [1.29, 1.82) is 0 Å². The normalized spacial score (nSPS) is 15.2. The van der Waals surface area contributed by atoms with Gasteiger partial charge in [-0.05, 0) is 31.2 Å². The summed E-state index contributed by atoms with van der Waals surface area (Å²) in [5, 5.41) is 3.24. The Morgan fingerprint density at radius 1 is 1.29 bits per heavy atom. The number of hydrogen-bond acceptors (Lipinski definition) is 3. The second-order valence-corrected chi connectivity index (χ2v) is 5.90. The SMILES string of the molecule is Cc1c(Cl)nc(C2CC2)nc1-c1sccc1Cl. The third-order valence-corrected chi connectivity index (χ3v) is 4.59. The van der Waals surface area contributed by atoms with Crippen LogP contribution in [0.4, 0.5) is 0 Å². The quantitative estimate of drug-likeness (QED) is 0.747. The van der Waals surface area contributed by atoms with Crippen molar-refractivity contribution in [2.45, 2.75) is 25.7 Å². The van der Waals surface area contributed by atoms with Crippen LogP contribution < -0.4 is 0 Å². The average molecular weight is 285 g/mol. The molecule has 3 rings (SSSR count). The molecule has 0 unspecified atom stereocenters. The molecule has 1 fully saturated rings. The first-order chi connectivity index (χ1) is 8.16. The minimum absolute atomic E-state index is 0.491. The van der Waals surface area contributed by atoms with E-state index in [1.807, 2.05) is 18.4 Å². The number of rotatable bonds is 2. The van der Waals surface area contributed by atoms with Gasteiger partial charge in [-0.2, -0.15) is 0 Å². The molecule has 0 amide bonds. The molecule has 2 nitrogen and oxygen atoms in total. The molecule has 0 spiro atoms. The van der Waals surface area contributed by atoms with Crippen molar-refractivity contribution in [3.8, 4) is 10.6 Å². The Bertz CT molecular complexity index is 576. The van der Waals surface area contributed by atoms with E-state index in [4.69, 9.17) is 23.2 Å². The second kappa shape index (κ2) is 4.23. The summed E-state index contributed by atoms with van der Waals surface area (Å²) in [5.41, 5.74) is 1.78. The van der Waals surface area contributed by atoms with Crippen LogP contribution in [0.3, 0.4) is 0 Å². The predicted octanol–water partition coefficient (Wildman–Crippen LogP) is 4.70. The molecule has 0 N–H and O–H groups in total. The molecule has 2 aromatic rings. The van der Waals surface area contributed by atoms with Gasteiger partial charge in [-0.3, -0.25) is 0 Å². The van der Waals surface area contributed by atoms with Crippen LogP contribution in [0.5, 0.6) is 0 Å². The molecule has 88 valence electrons. The molecule has 1 aliphatic rings. The Morgan fingerprint density at radius 3 is 2.65 bits per heavy atom. The topological polar surface area (TPSA) is 25.8 Å². The van der Waals surface area contributed by atoms with Crippen molar-refractivity contribution in [3.63, 3.8) is 0 Å². The van der Waals surface area contributed by atoms with Crippen molar-refractivity contribution >= 4 is 34.5 Å². The molecule has 2 aromatic heterocycles. The van der Waals surface area contributed by atoms with Gasteiger partial charge in [0.2, 0.25) is 0 Å². The Hall–Kier alpha value is -0.640. The van der Waals surface area contributed by atoms with Crippen LogP contribution in [0.2, 0.25) is 10.2 Å². The maximum Gasteiger partial charge on any atom is 0.136 e. The van der Waals surface area contributed by atoms with Gasteiger partial charge in [-0.15, -0.1) is 11.3 Å². The lowest BCUT2D eigenvalue weighted by molar-refractivity contribution is 0.923. The predicted molar refractivity (Wildman–Crippen MR) is 72.1 cm³/mol. The molecular weight excluding hydrogens is 275 g/mol. The maximum absolute atomic E-state index is 6.17. The lowest BCUT2D eigenvalue weighted by Gasteiger charge is -2.07. The summed E-state index contributed by atoms with van der Waals surface area (Å²) in [6.07, 6.45) is 2.33. The third kappa shape index (κ3) is 2.07. The molecule has 1 aliphatic carbocycles. The van der Waals surface area contributed by atoms with E-state index in [9.17, 15) is 0 Å². The number of aromatic nitrogens is 2. The number of thiophene rings is 1. The van der Waals surface area contributed by atoms with E-state index in [2.05, 4.69) is 9.97 Å². The highest BCUT2D eigenvalue weighted by Crippen LogP contribution is 2.41. The minimum atomic E-state index is 0.491. The first-order valence-electron chi connectivity index (χ1n) is 5.44. The van der Waals surface area contributed by atoms with E-state index in [0.29, 0.717) is 11.1 Å². The fraction of sp³-hybridized carbons (Fsp3) is 0.333. The smallest absolute Gasteiger partial charge is 0.136 e. The van der Waals surface area contributed by atoms with Gasteiger partial charge >= 0.3 is 0 Å². The summed E-state index contributed by atoms with van der Waals surface area (Å²) in [7, 11) is 0. The molecular formula is C12H10Cl2N2S. The maximum atomic E-state index is 6.17. The second-order valence-electron chi connectivity index (χ2n) is 4.22. The molecule has 0 atom stereocenters. The van der Waals surface area contributed by atoms with Gasteiger partial charge < -0.3 is 0 Å². The number of nitrogens with zero attached hydrogens (tertiary/aromatic N) is 2. The van der Waals surface area contributed by atoms with E-state index >= 15 is 0 Å². The van der Waals surface area contributed by atoms with Crippen LogP contribution in [0, 0.1) is 6.92 Å². The highest BCUT2D eigenvalue weighted by atomic mass is 35.5. The van der Waals surface area contributed by atoms with Crippen LogP contribution in [0.15, 0.2) is 11.4 Å². The van der Waals surface area contributed by atoms with Gasteiger partial charge in [0, 0.05) is 11.5 Å². The van der Waals surface area contributed by atoms with Crippen LogP contribution in [-0.2, 0) is 0 Å². The van der Waals surface area contributed by atoms with Gasteiger partial charge in [-0.1, -0.05) is 23.2 Å². The van der Waals surface area contributed by atoms with Crippen molar-refractivity contribution in [2.24, 2.45) is 0 Å². The van der Waals surface area contributed by atoms with E-state index in [-0.39, 0.29) is 0 Å². The largest absolute Gasteiger partial charge is 0.231 e. The molecule has 5 heteroatoms. The summed E-state index contributed by atoms with van der Waals surface area (Å²) in [4.78, 5) is 9.96. The van der Waals surface area contributed by atoms with Gasteiger partial charge in [0.1, 0.15) is 11.0 Å². The molecule has 1 saturated carbocycles. The van der Waals surface area contributed by atoms with Crippen LogP contribution in [0.1, 0.15) is 30.1 Å². The highest BCUT2D eigenvalue weighted by molar-refractivity contribution is 7.14.